The van der Waals surface area contributed by atoms with Gasteiger partial charge < -0.3 is 20.3 Å². The molecule has 1 aromatic carbocycles. The van der Waals surface area contributed by atoms with E-state index in [1.807, 2.05) is 19.9 Å². The lowest BCUT2D eigenvalue weighted by Gasteiger charge is -2.22. The van der Waals surface area contributed by atoms with Gasteiger partial charge in [-0.15, -0.1) is 0 Å². The number of ether oxygens (including phenoxy) is 2. The van der Waals surface area contributed by atoms with E-state index >= 15 is 0 Å². The fourth-order valence-corrected chi connectivity index (χ4v) is 2.48. The highest BCUT2D eigenvalue weighted by Gasteiger charge is 2.48. The average molecular weight is 251 g/mol. The number of hydrogen-bond acceptors (Lipinski definition) is 4. The molecular weight excluding hydrogens is 230 g/mol. The second kappa shape index (κ2) is 4.69. The van der Waals surface area contributed by atoms with Crippen molar-refractivity contribution >= 4 is 0 Å². The molecule has 4 nitrogen and oxygen atoms in total. The number of phenolic OH excluding ortho intramolecular Hbond substituents is 1. The molecule has 1 atom stereocenters. The zero-order chi connectivity index (χ0) is 13.3. The van der Waals surface area contributed by atoms with Gasteiger partial charge in [-0.3, -0.25) is 0 Å². The summed E-state index contributed by atoms with van der Waals surface area (Å²) in [7, 11) is 1.52. The van der Waals surface area contributed by atoms with Crippen LogP contribution in [0.4, 0.5) is 0 Å². The van der Waals surface area contributed by atoms with Crippen molar-refractivity contribution < 1.29 is 14.6 Å². The van der Waals surface area contributed by atoms with Crippen molar-refractivity contribution in [2.24, 2.45) is 5.73 Å². The van der Waals surface area contributed by atoms with E-state index in [-0.39, 0.29) is 17.2 Å². The highest BCUT2D eigenvalue weighted by molar-refractivity contribution is 5.55. The van der Waals surface area contributed by atoms with Gasteiger partial charge >= 0.3 is 0 Å². The summed E-state index contributed by atoms with van der Waals surface area (Å²) < 4.78 is 10.7. The van der Waals surface area contributed by atoms with E-state index in [2.05, 4.69) is 0 Å². The summed E-state index contributed by atoms with van der Waals surface area (Å²) in [4.78, 5) is 0. The maximum absolute atomic E-state index is 10.0. The molecule has 1 saturated carbocycles. The smallest absolute Gasteiger partial charge is 0.203 e. The predicted octanol–water partition coefficient (Wildman–Crippen LogP) is 2.18. The summed E-state index contributed by atoms with van der Waals surface area (Å²) in [6, 6.07) is 3.76. The number of benzene rings is 1. The SMILES string of the molecule is CCOc1cc(C2(C(C)N)CC2)cc(O)c1OC. The zero-order valence-electron chi connectivity index (χ0n) is 11.2. The Labute approximate surface area is 108 Å². The van der Waals surface area contributed by atoms with Gasteiger partial charge in [-0.05, 0) is 44.4 Å². The Hall–Kier alpha value is -1.42. The van der Waals surface area contributed by atoms with Crippen molar-refractivity contribution in [3.8, 4) is 17.2 Å². The van der Waals surface area contributed by atoms with Gasteiger partial charge in [0.15, 0.2) is 11.5 Å². The topological polar surface area (TPSA) is 64.7 Å². The predicted molar refractivity (Wildman–Crippen MR) is 70.4 cm³/mol. The van der Waals surface area contributed by atoms with Crippen LogP contribution >= 0.6 is 0 Å². The summed E-state index contributed by atoms with van der Waals surface area (Å²) in [5.74, 6) is 1.09. The molecule has 0 radical (unpaired) electrons. The van der Waals surface area contributed by atoms with Crippen LogP contribution in [0.1, 0.15) is 32.3 Å². The van der Waals surface area contributed by atoms with E-state index in [4.69, 9.17) is 15.2 Å². The van der Waals surface area contributed by atoms with Gasteiger partial charge in [0.2, 0.25) is 5.75 Å². The minimum atomic E-state index is -0.00436. The second-order valence-corrected chi connectivity index (χ2v) is 4.90. The molecule has 2 rings (SSSR count). The maximum Gasteiger partial charge on any atom is 0.203 e. The van der Waals surface area contributed by atoms with Crippen LogP contribution in [0.5, 0.6) is 17.2 Å². The van der Waals surface area contributed by atoms with Gasteiger partial charge in [-0.25, -0.2) is 0 Å². The summed E-state index contributed by atoms with van der Waals surface area (Å²) in [5.41, 5.74) is 7.09. The van der Waals surface area contributed by atoms with Crippen LogP contribution in [0.25, 0.3) is 0 Å². The second-order valence-electron chi connectivity index (χ2n) is 4.90. The van der Waals surface area contributed by atoms with E-state index in [0.29, 0.717) is 18.1 Å². The molecule has 1 unspecified atom stereocenters. The Kier molecular flexibility index (Phi) is 3.39. The highest BCUT2D eigenvalue weighted by Crippen LogP contribution is 2.53. The third-order valence-corrected chi connectivity index (χ3v) is 3.77. The Bertz CT molecular complexity index is 439. The van der Waals surface area contributed by atoms with E-state index in [1.165, 1.54) is 7.11 Å². The summed E-state index contributed by atoms with van der Waals surface area (Å²) in [5, 5.41) is 10.0. The van der Waals surface area contributed by atoms with Crippen LogP contribution in [0, 0.1) is 0 Å². The minimum absolute atomic E-state index is 0.00436. The monoisotopic (exact) mass is 251 g/mol. The van der Waals surface area contributed by atoms with Crippen LogP contribution in [0.15, 0.2) is 12.1 Å². The van der Waals surface area contributed by atoms with Crippen molar-refractivity contribution in [3.63, 3.8) is 0 Å². The molecule has 0 amide bonds. The molecule has 0 bridgehead atoms. The molecule has 1 aliphatic rings. The van der Waals surface area contributed by atoms with Gasteiger partial charge in [-0.2, -0.15) is 0 Å². The number of rotatable bonds is 5. The third-order valence-electron chi connectivity index (χ3n) is 3.77. The molecule has 3 N–H and O–H groups in total. The van der Waals surface area contributed by atoms with Crippen LogP contribution in [0.3, 0.4) is 0 Å². The van der Waals surface area contributed by atoms with E-state index in [9.17, 15) is 5.11 Å². The molecule has 1 aromatic rings. The molecule has 0 saturated heterocycles. The quantitative estimate of drug-likeness (QED) is 0.842. The normalized spacial score (nSPS) is 18.2. The van der Waals surface area contributed by atoms with Crippen LogP contribution in [-0.2, 0) is 5.41 Å². The number of methoxy groups -OCH3 is 1. The maximum atomic E-state index is 10.0. The van der Waals surface area contributed by atoms with Crippen LogP contribution in [0.2, 0.25) is 0 Å². The molecule has 100 valence electrons. The number of phenols is 1. The lowest BCUT2D eigenvalue weighted by molar-refractivity contribution is 0.299. The Balaban J connectivity index is 2.45. The van der Waals surface area contributed by atoms with E-state index in [1.54, 1.807) is 6.07 Å². The zero-order valence-corrected chi connectivity index (χ0v) is 11.2. The van der Waals surface area contributed by atoms with E-state index < -0.39 is 0 Å². The summed E-state index contributed by atoms with van der Waals surface area (Å²) in [6.45, 7) is 4.45. The van der Waals surface area contributed by atoms with E-state index in [0.717, 1.165) is 18.4 Å². The summed E-state index contributed by atoms with van der Waals surface area (Å²) >= 11 is 0. The molecule has 0 aliphatic heterocycles. The molecular formula is C14H21NO3. The lowest BCUT2D eigenvalue weighted by atomic mass is 9.89. The molecule has 1 fully saturated rings. The highest BCUT2D eigenvalue weighted by atomic mass is 16.5. The molecule has 0 spiro atoms. The number of hydrogen-bond donors (Lipinski definition) is 2. The first kappa shape index (κ1) is 13.0. The Morgan fingerprint density at radius 3 is 2.56 bits per heavy atom. The van der Waals surface area contributed by atoms with Crippen molar-refractivity contribution in [1.29, 1.82) is 0 Å². The van der Waals surface area contributed by atoms with Crippen LogP contribution < -0.4 is 15.2 Å². The minimum Gasteiger partial charge on any atom is -0.504 e. The lowest BCUT2D eigenvalue weighted by Crippen LogP contribution is -2.31. The van der Waals surface area contributed by atoms with Crippen molar-refractivity contribution in [3.05, 3.63) is 17.7 Å². The molecule has 4 heteroatoms. The van der Waals surface area contributed by atoms with Crippen molar-refractivity contribution in [2.75, 3.05) is 13.7 Å². The van der Waals surface area contributed by atoms with Gasteiger partial charge in [0.1, 0.15) is 0 Å². The number of nitrogens with two attached hydrogens (primary N) is 1. The first-order valence-electron chi connectivity index (χ1n) is 6.35. The fourth-order valence-electron chi connectivity index (χ4n) is 2.48. The molecule has 18 heavy (non-hydrogen) atoms. The molecule has 0 heterocycles. The average Bonchev–Trinajstić information content (AvgIpc) is 3.10. The fraction of sp³-hybridized carbons (Fsp3) is 0.571. The van der Waals surface area contributed by atoms with Gasteiger partial charge in [0.25, 0.3) is 0 Å². The molecule has 1 aliphatic carbocycles. The van der Waals surface area contributed by atoms with Crippen molar-refractivity contribution in [2.45, 2.75) is 38.1 Å². The standard InChI is InChI=1S/C14H21NO3/c1-4-18-12-8-10(7-11(16)13(12)17-3)14(5-6-14)9(2)15/h7-9,16H,4-6,15H2,1-3H3. The Morgan fingerprint density at radius 2 is 2.11 bits per heavy atom. The van der Waals surface area contributed by atoms with Gasteiger partial charge in [-0.1, -0.05) is 0 Å². The largest absolute Gasteiger partial charge is 0.504 e. The van der Waals surface area contributed by atoms with Crippen LogP contribution in [-0.4, -0.2) is 24.9 Å². The summed E-state index contributed by atoms with van der Waals surface area (Å²) in [6.07, 6.45) is 2.12. The Morgan fingerprint density at radius 1 is 1.44 bits per heavy atom. The van der Waals surface area contributed by atoms with Gasteiger partial charge in [0, 0.05) is 11.5 Å². The number of aromatic hydroxyl groups is 1. The first-order valence-corrected chi connectivity index (χ1v) is 6.35. The van der Waals surface area contributed by atoms with Crippen molar-refractivity contribution in [1.82, 2.24) is 0 Å². The molecule has 0 aromatic heterocycles. The first-order chi connectivity index (χ1) is 8.55. The third kappa shape index (κ3) is 2.01. The van der Waals surface area contributed by atoms with Gasteiger partial charge in [0.05, 0.1) is 13.7 Å².